The molecule has 1 aromatic rings. The number of thiol groups is 1. The van der Waals surface area contributed by atoms with Crippen molar-refractivity contribution in [1.29, 1.82) is 0 Å². The zero-order valence-corrected chi connectivity index (χ0v) is 9.90. The lowest BCUT2D eigenvalue weighted by molar-refractivity contribution is 0.101. The number of ether oxygens (including phenoxy) is 1. The van der Waals surface area contributed by atoms with Crippen LogP contribution < -0.4 is 0 Å². The second kappa shape index (κ2) is 5.25. The van der Waals surface area contributed by atoms with E-state index in [1.807, 2.05) is 30.3 Å². The maximum Gasteiger partial charge on any atom is 0.410 e. The molecule has 2 rings (SSSR count). The summed E-state index contributed by atoms with van der Waals surface area (Å²) in [6, 6.07) is 9.68. The highest BCUT2D eigenvalue weighted by Crippen LogP contribution is 2.20. The lowest BCUT2D eigenvalue weighted by Gasteiger charge is -2.19. The van der Waals surface area contributed by atoms with Crippen molar-refractivity contribution in [2.24, 2.45) is 0 Å². The molecule has 86 valence electrons. The number of nitrogens with zero attached hydrogens (tertiary/aromatic N) is 1. The molecular formula is C12H15NO2S. The lowest BCUT2D eigenvalue weighted by atomic mass is 10.2. The van der Waals surface area contributed by atoms with E-state index < -0.39 is 0 Å². The van der Waals surface area contributed by atoms with Crippen molar-refractivity contribution in [3.05, 3.63) is 35.9 Å². The molecule has 4 heteroatoms. The van der Waals surface area contributed by atoms with E-state index >= 15 is 0 Å². The summed E-state index contributed by atoms with van der Waals surface area (Å²) >= 11 is 4.33. The summed E-state index contributed by atoms with van der Waals surface area (Å²) in [7, 11) is 0. The normalized spacial score (nSPS) is 19.8. The average Bonchev–Trinajstić information content (AvgIpc) is 2.74. The monoisotopic (exact) mass is 237 g/mol. The van der Waals surface area contributed by atoms with Crippen LogP contribution in [0.3, 0.4) is 0 Å². The minimum atomic E-state index is -0.263. The molecule has 1 amide bonds. The van der Waals surface area contributed by atoms with Crippen LogP contribution in [0.15, 0.2) is 30.3 Å². The van der Waals surface area contributed by atoms with Gasteiger partial charge in [-0.1, -0.05) is 30.3 Å². The van der Waals surface area contributed by atoms with Gasteiger partial charge in [-0.2, -0.15) is 12.6 Å². The zero-order valence-electron chi connectivity index (χ0n) is 9.00. The van der Waals surface area contributed by atoms with Crippen LogP contribution in [0.4, 0.5) is 4.79 Å². The third-order valence-electron chi connectivity index (χ3n) is 2.66. The second-order valence-corrected chi connectivity index (χ2v) is 4.45. The summed E-state index contributed by atoms with van der Waals surface area (Å²) in [6.07, 6.45) is 1.69. The number of amides is 1. The van der Waals surface area contributed by atoms with Crippen molar-refractivity contribution in [2.45, 2.75) is 24.8 Å². The van der Waals surface area contributed by atoms with Gasteiger partial charge in [0.2, 0.25) is 0 Å². The molecule has 1 saturated heterocycles. The topological polar surface area (TPSA) is 29.5 Å². The van der Waals surface area contributed by atoms with Gasteiger partial charge in [0.1, 0.15) is 6.61 Å². The number of rotatable bonds is 2. The first kappa shape index (κ1) is 11.3. The summed E-state index contributed by atoms with van der Waals surface area (Å²) in [5.74, 6) is 0. The largest absolute Gasteiger partial charge is 0.445 e. The zero-order chi connectivity index (χ0) is 11.4. The minimum Gasteiger partial charge on any atom is -0.445 e. The Morgan fingerprint density at radius 1 is 1.44 bits per heavy atom. The maximum absolute atomic E-state index is 11.7. The molecule has 1 fully saturated rings. The molecule has 1 heterocycles. The summed E-state index contributed by atoms with van der Waals surface area (Å²) in [5.41, 5.74) is 1.01. The van der Waals surface area contributed by atoms with Crippen LogP contribution in [0.25, 0.3) is 0 Å². The first-order valence-corrected chi connectivity index (χ1v) is 5.94. The van der Waals surface area contributed by atoms with Gasteiger partial charge < -0.3 is 4.74 Å². The smallest absolute Gasteiger partial charge is 0.410 e. The Morgan fingerprint density at radius 3 is 2.81 bits per heavy atom. The molecule has 1 aliphatic heterocycles. The Kier molecular flexibility index (Phi) is 3.72. The second-order valence-electron chi connectivity index (χ2n) is 3.86. The van der Waals surface area contributed by atoms with Crippen LogP contribution in [0.2, 0.25) is 0 Å². The van der Waals surface area contributed by atoms with Gasteiger partial charge in [0.15, 0.2) is 0 Å². The van der Waals surface area contributed by atoms with E-state index in [9.17, 15) is 4.79 Å². The van der Waals surface area contributed by atoms with E-state index in [0.717, 1.165) is 24.9 Å². The maximum atomic E-state index is 11.7. The highest BCUT2D eigenvalue weighted by molar-refractivity contribution is 7.80. The Labute approximate surface area is 101 Å². The standard InChI is InChI=1S/C12H15NO2S/c14-12(13-8-4-7-11(13)16)15-9-10-5-2-1-3-6-10/h1-3,5-6,11,16H,4,7-9H2. The fourth-order valence-electron chi connectivity index (χ4n) is 1.76. The number of benzene rings is 1. The first-order valence-electron chi connectivity index (χ1n) is 5.43. The highest BCUT2D eigenvalue weighted by Gasteiger charge is 2.26. The van der Waals surface area contributed by atoms with Gasteiger partial charge >= 0.3 is 6.09 Å². The van der Waals surface area contributed by atoms with E-state index in [-0.39, 0.29) is 11.5 Å². The number of hydrogen-bond donors (Lipinski definition) is 1. The minimum absolute atomic E-state index is 0.0169. The quantitative estimate of drug-likeness (QED) is 0.801. The van der Waals surface area contributed by atoms with E-state index in [0.29, 0.717) is 6.61 Å². The summed E-state index contributed by atoms with van der Waals surface area (Å²) < 4.78 is 5.22. The van der Waals surface area contributed by atoms with Gasteiger partial charge in [0, 0.05) is 6.54 Å². The van der Waals surface area contributed by atoms with Crippen molar-refractivity contribution < 1.29 is 9.53 Å². The molecule has 16 heavy (non-hydrogen) atoms. The average molecular weight is 237 g/mol. The van der Waals surface area contributed by atoms with Gasteiger partial charge in [0.25, 0.3) is 0 Å². The molecule has 0 bridgehead atoms. The van der Waals surface area contributed by atoms with Crippen molar-refractivity contribution in [2.75, 3.05) is 6.54 Å². The third-order valence-corrected chi connectivity index (χ3v) is 3.20. The van der Waals surface area contributed by atoms with Crippen LogP contribution >= 0.6 is 12.6 Å². The van der Waals surface area contributed by atoms with E-state index in [2.05, 4.69) is 12.6 Å². The van der Waals surface area contributed by atoms with Crippen LogP contribution in [0.5, 0.6) is 0 Å². The van der Waals surface area contributed by atoms with Crippen LogP contribution in [-0.4, -0.2) is 22.9 Å². The van der Waals surface area contributed by atoms with Crippen molar-refractivity contribution >= 4 is 18.7 Å². The molecule has 1 aliphatic rings. The summed E-state index contributed by atoms with van der Waals surface area (Å²) in [4.78, 5) is 13.4. The molecule has 0 N–H and O–H groups in total. The van der Waals surface area contributed by atoms with Crippen LogP contribution in [0.1, 0.15) is 18.4 Å². The molecule has 0 aliphatic carbocycles. The van der Waals surface area contributed by atoms with Gasteiger partial charge in [-0.3, -0.25) is 4.90 Å². The third kappa shape index (κ3) is 2.70. The predicted octanol–water partition coefficient (Wildman–Crippen LogP) is 2.67. The van der Waals surface area contributed by atoms with Gasteiger partial charge in [0.05, 0.1) is 5.37 Å². The Hall–Kier alpha value is -1.16. The Balaban J connectivity index is 1.84. The van der Waals surface area contributed by atoms with Gasteiger partial charge in [-0.25, -0.2) is 4.79 Å². The SMILES string of the molecule is O=C(OCc1ccccc1)N1CCCC1S. The fourth-order valence-corrected chi connectivity index (χ4v) is 2.16. The molecule has 0 spiro atoms. The Bertz CT molecular complexity index is 355. The van der Waals surface area contributed by atoms with Crippen molar-refractivity contribution in [3.63, 3.8) is 0 Å². The molecule has 0 radical (unpaired) electrons. The number of carbonyl (C=O) groups excluding carboxylic acids is 1. The molecule has 0 saturated carbocycles. The molecule has 0 aromatic heterocycles. The van der Waals surface area contributed by atoms with Gasteiger partial charge in [-0.05, 0) is 18.4 Å². The first-order chi connectivity index (χ1) is 7.77. The summed E-state index contributed by atoms with van der Waals surface area (Å²) in [5, 5.41) is 0.0169. The van der Waals surface area contributed by atoms with E-state index in [1.165, 1.54) is 0 Å². The lowest BCUT2D eigenvalue weighted by Crippen LogP contribution is -2.32. The van der Waals surface area contributed by atoms with Crippen LogP contribution in [-0.2, 0) is 11.3 Å². The van der Waals surface area contributed by atoms with Crippen molar-refractivity contribution in [1.82, 2.24) is 4.90 Å². The molecule has 1 aromatic carbocycles. The molecule has 1 atom stereocenters. The molecular weight excluding hydrogens is 222 g/mol. The number of likely N-dealkylation sites (tertiary alicyclic amines) is 1. The van der Waals surface area contributed by atoms with E-state index in [1.54, 1.807) is 4.90 Å². The predicted molar refractivity (Wildman–Crippen MR) is 65.3 cm³/mol. The van der Waals surface area contributed by atoms with Crippen LogP contribution in [0, 0.1) is 0 Å². The molecule has 1 unspecified atom stereocenters. The number of hydrogen-bond acceptors (Lipinski definition) is 3. The Morgan fingerprint density at radius 2 is 2.19 bits per heavy atom. The summed E-state index contributed by atoms with van der Waals surface area (Å²) in [6.45, 7) is 1.08. The fraction of sp³-hybridized carbons (Fsp3) is 0.417. The van der Waals surface area contributed by atoms with Crippen molar-refractivity contribution in [3.8, 4) is 0 Å². The van der Waals surface area contributed by atoms with Gasteiger partial charge in [-0.15, -0.1) is 0 Å². The highest BCUT2D eigenvalue weighted by atomic mass is 32.1. The number of carbonyl (C=O) groups is 1. The molecule has 3 nitrogen and oxygen atoms in total. The van der Waals surface area contributed by atoms with E-state index in [4.69, 9.17) is 4.74 Å².